The molecule has 0 spiro atoms. The van der Waals surface area contributed by atoms with Crippen molar-refractivity contribution in [1.82, 2.24) is 4.57 Å². The van der Waals surface area contributed by atoms with E-state index in [9.17, 15) is 22.8 Å². The summed E-state index contributed by atoms with van der Waals surface area (Å²) in [7, 11) is 0. The van der Waals surface area contributed by atoms with Crippen LogP contribution in [0.4, 0.5) is 13.2 Å². The molecule has 1 aromatic heterocycles. The van der Waals surface area contributed by atoms with Crippen molar-refractivity contribution in [2.75, 3.05) is 6.61 Å². The molecule has 0 saturated carbocycles. The molecule has 2 heterocycles. The number of benzene rings is 3. The van der Waals surface area contributed by atoms with Crippen LogP contribution < -0.4 is 19.6 Å². The lowest BCUT2D eigenvalue weighted by Crippen LogP contribution is -2.41. The second kappa shape index (κ2) is 13.4. The van der Waals surface area contributed by atoms with Crippen molar-refractivity contribution < 1.29 is 27.4 Å². The zero-order valence-electron chi connectivity index (χ0n) is 22.4. The molecule has 5 rings (SSSR count). The Morgan fingerprint density at radius 1 is 1.14 bits per heavy atom. The van der Waals surface area contributed by atoms with Crippen molar-refractivity contribution >= 4 is 85.1 Å². The second-order valence-corrected chi connectivity index (χ2v) is 13.3. The highest BCUT2D eigenvalue weighted by Gasteiger charge is 2.45. The molecule has 1 aliphatic rings. The maximum absolute atomic E-state index is 14.4. The minimum atomic E-state index is -5.01. The molecular weight excluding hydrogens is 819 g/mol. The number of carbonyl (C=O) groups is 1. The summed E-state index contributed by atoms with van der Waals surface area (Å²) in [5.74, 6) is -0.770. The number of allylic oxidation sites excluding steroid dienone is 1. The van der Waals surface area contributed by atoms with E-state index in [-0.39, 0.29) is 28.1 Å². The van der Waals surface area contributed by atoms with Crippen LogP contribution in [-0.4, -0.2) is 23.3 Å². The summed E-state index contributed by atoms with van der Waals surface area (Å²) in [6.45, 7) is 1.48. The monoisotopic (exact) mass is 836 g/mol. The van der Waals surface area contributed by atoms with E-state index in [0.29, 0.717) is 25.8 Å². The summed E-state index contributed by atoms with van der Waals surface area (Å²) in [4.78, 5) is 30.6. The second-order valence-electron chi connectivity index (χ2n) is 9.34. The number of hydrogen-bond acceptors (Lipinski definition) is 6. The zero-order chi connectivity index (χ0) is 31.8. The van der Waals surface area contributed by atoms with Crippen LogP contribution in [0.25, 0.3) is 6.08 Å². The van der Waals surface area contributed by atoms with Gasteiger partial charge in [0.05, 0.1) is 26.3 Å². The molecule has 228 valence electrons. The highest BCUT2D eigenvalue weighted by molar-refractivity contribution is 14.1. The normalized spacial score (nSPS) is 15.2. The molecule has 44 heavy (non-hydrogen) atoms. The summed E-state index contributed by atoms with van der Waals surface area (Å²) in [5.41, 5.74) is -1.32. The summed E-state index contributed by atoms with van der Waals surface area (Å²) in [6.07, 6.45) is -3.48. The van der Waals surface area contributed by atoms with E-state index in [0.717, 1.165) is 25.0 Å². The van der Waals surface area contributed by atoms with Gasteiger partial charge in [0.1, 0.15) is 12.4 Å². The van der Waals surface area contributed by atoms with E-state index in [1.165, 1.54) is 37.3 Å². The number of nitrogens with zero attached hydrogens (tertiary/aromatic N) is 2. The Morgan fingerprint density at radius 2 is 1.86 bits per heavy atom. The minimum absolute atomic E-state index is 0.0795. The first kappa shape index (κ1) is 32.7. The first-order valence-corrected chi connectivity index (χ1v) is 16.2. The van der Waals surface area contributed by atoms with Gasteiger partial charge in [0, 0.05) is 20.1 Å². The Labute approximate surface area is 284 Å². The number of thiazole rings is 1. The van der Waals surface area contributed by atoms with E-state index in [4.69, 9.17) is 32.7 Å². The fraction of sp³-hybridized carbons (Fsp3) is 0.167. The molecule has 0 fully saturated rings. The molecule has 0 N–H and O–H groups in total. The predicted molar refractivity (Wildman–Crippen MR) is 175 cm³/mol. The fourth-order valence-corrected chi connectivity index (χ4v) is 7.60. The third-order valence-corrected chi connectivity index (χ3v) is 9.11. The van der Waals surface area contributed by atoms with Gasteiger partial charge in [0.25, 0.3) is 5.56 Å². The van der Waals surface area contributed by atoms with Gasteiger partial charge in [-0.05, 0) is 83.1 Å². The van der Waals surface area contributed by atoms with Crippen molar-refractivity contribution in [3.63, 3.8) is 0 Å². The number of ether oxygens (including phenoxy) is 2. The maximum atomic E-state index is 14.4. The summed E-state index contributed by atoms with van der Waals surface area (Å²) in [5, 5.41) is 0.877. The number of carbonyl (C=O) groups excluding carboxylic acids is 1. The number of fused-ring (bicyclic) bond motifs is 1. The number of halogens is 7. The molecule has 0 amide bonds. The van der Waals surface area contributed by atoms with Crippen molar-refractivity contribution in [2.24, 2.45) is 4.99 Å². The van der Waals surface area contributed by atoms with Gasteiger partial charge in [-0.1, -0.05) is 74.7 Å². The first-order chi connectivity index (χ1) is 20.9. The molecule has 1 aliphatic heterocycles. The van der Waals surface area contributed by atoms with Gasteiger partial charge < -0.3 is 9.47 Å². The Bertz CT molecular complexity index is 1980. The van der Waals surface area contributed by atoms with Gasteiger partial charge in [0.2, 0.25) is 0 Å². The average Bonchev–Trinajstić information content (AvgIpc) is 3.26. The van der Waals surface area contributed by atoms with Crippen molar-refractivity contribution in [2.45, 2.75) is 25.7 Å². The van der Waals surface area contributed by atoms with Crippen molar-refractivity contribution in [1.29, 1.82) is 0 Å². The Morgan fingerprint density at radius 3 is 2.52 bits per heavy atom. The molecule has 0 bridgehead atoms. The zero-order valence-corrected chi connectivity index (χ0v) is 28.5. The van der Waals surface area contributed by atoms with Gasteiger partial charge >= 0.3 is 12.1 Å². The van der Waals surface area contributed by atoms with Crippen molar-refractivity contribution in [3.05, 3.63) is 126 Å². The molecule has 0 aliphatic carbocycles. The number of rotatable bonds is 7. The molecule has 14 heteroatoms. The van der Waals surface area contributed by atoms with Gasteiger partial charge in [-0.15, -0.1) is 0 Å². The molecule has 0 saturated heterocycles. The SMILES string of the molecule is CCOC(=O)C1=C(C(F)(F)F)N=c2s/c(=C\c3cc(Br)cc(I)c3OCc3cccc(Cl)c3)c(=O)n2[C@H]1c1ccc(Cl)cc1. The van der Waals surface area contributed by atoms with Crippen LogP contribution in [0.5, 0.6) is 5.75 Å². The summed E-state index contributed by atoms with van der Waals surface area (Å²) in [6, 6.07) is 15.1. The lowest BCUT2D eigenvalue weighted by Gasteiger charge is -2.26. The van der Waals surface area contributed by atoms with Gasteiger partial charge in [-0.3, -0.25) is 9.36 Å². The van der Waals surface area contributed by atoms with Crippen LogP contribution in [0.2, 0.25) is 10.0 Å². The van der Waals surface area contributed by atoms with Crippen LogP contribution in [0.15, 0.2) is 86.2 Å². The number of aromatic nitrogens is 1. The van der Waals surface area contributed by atoms with E-state index < -0.39 is 35.0 Å². The Kier molecular flexibility index (Phi) is 9.95. The molecule has 0 radical (unpaired) electrons. The van der Waals surface area contributed by atoms with Crippen LogP contribution in [0.1, 0.15) is 29.7 Å². The van der Waals surface area contributed by atoms with Gasteiger partial charge in [-0.25, -0.2) is 9.79 Å². The number of alkyl halides is 3. The van der Waals surface area contributed by atoms with Crippen LogP contribution >= 0.6 is 73.1 Å². The molecule has 4 aromatic rings. The average molecular weight is 838 g/mol. The van der Waals surface area contributed by atoms with E-state index in [2.05, 4.69) is 43.5 Å². The molecule has 6 nitrogen and oxygen atoms in total. The van der Waals surface area contributed by atoms with Crippen molar-refractivity contribution in [3.8, 4) is 5.75 Å². The predicted octanol–water partition coefficient (Wildman–Crippen LogP) is 7.59. The Balaban J connectivity index is 1.71. The van der Waals surface area contributed by atoms with Gasteiger partial charge in [-0.2, -0.15) is 13.2 Å². The quantitative estimate of drug-likeness (QED) is 0.142. The lowest BCUT2D eigenvalue weighted by atomic mass is 9.95. The molecule has 3 aromatic carbocycles. The summed E-state index contributed by atoms with van der Waals surface area (Å²) >= 11 is 18.5. The first-order valence-electron chi connectivity index (χ1n) is 12.8. The number of hydrogen-bond donors (Lipinski definition) is 0. The fourth-order valence-electron chi connectivity index (χ4n) is 4.56. The minimum Gasteiger partial charge on any atom is -0.487 e. The molecule has 1 atom stereocenters. The highest BCUT2D eigenvalue weighted by atomic mass is 127. The highest BCUT2D eigenvalue weighted by Crippen LogP contribution is 2.38. The largest absolute Gasteiger partial charge is 0.487 e. The van der Waals surface area contributed by atoms with Crippen LogP contribution in [0, 0.1) is 3.57 Å². The Hall–Kier alpha value is -2.65. The molecule has 0 unspecified atom stereocenters. The molecular formula is C30H19BrCl2F3IN2O4S. The third kappa shape index (κ3) is 6.94. The van der Waals surface area contributed by atoms with E-state index >= 15 is 0 Å². The number of esters is 1. The third-order valence-electron chi connectivity index (χ3n) is 6.38. The smallest absolute Gasteiger partial charge is 0.434 e. The van der Waals surface area contributed by atoms with E-state index in [1.807, 2.05) is 12.1 Å². The van der Waals surface area contributed by atoms with E-state index in [1.54, 1.807) is 24.3 Å². The topological polar surface area (TPSA) is 69.9 Å². The van der Waals surface area contributed by atoms with Crippen LogP contribution in [-0.2, 0) is 16.1 Å². The summed E-state index contributed by atoms with van der Waals surface area (Å²) < 4.78 is 56.9. The van der Waals surface area contributed by atoms with Gasteiger partial charge in [0.15, 0.2) is 10.5 Å². The lowest BCUT2D eigenvalue weighted by molar-refractivity contribution is -0.140. The van der Waals surface area contributed by atoms with Crippen LogP contribution in [0.3, 0.4) is 0 Å². The maximum Gasteiger partial charge on any atom is 0.434 e. The standard InChI is InChI=1S/C30H19BrCl2F3IN2O4S/c1-2-42-28(41)23-24(16-6-8-19(32)9-7-16)39-27(40)22(44-29(39)38-26(23)30(34,35)36)12-17-11-18(31)13-21(37)25(17)43-14-15-4-3-5-20(33)10-15/h3-13,24H,2,14H2,1H3/b22-12-/t24-/m0/s1.